The van der Waals surface area contributed by atoms with Gasteiger partial charge in [0, 0.05) is 64.2 Å². The summed E-state index contributed by atoms with van der Waals surface area (Å²) in [5.41, 5.74) is 2.61. The van der Waals surface area contributed by atoms with Crippen molar-refractivity contribution in [3.8, 4) is 0 Å². The summed E-state index contributed by atoms with van der Waals surface area (Å²) >= 11 is 0. The molecular formula is C29H37N5O4. The van der Waals surface area contributed by atoms with E-state index in [1.165, 1.54) is 11.8 Å². The van der Waals surface area contributed by atoms with Crippen molar-refractivity contribution in [3.05, 3.63) is 77.8 Å². The van der Waals surface area contributed by atoms with Gasteiger partial charge in [-0.15, -0.1) is 0 Å². The first-order valence-corrected chi connectivity index (χ1v) is 13.6. The Bertz CT molecular complexity index is 1190. The number of carbonyl (C=O) groups excluding carboxylic acids is 2. The molecule has 1 aromatic carbocycles. The Kier molecular flexibility index (Phi) is 8.55. The summed E-state index contributed by atoms with van der Waals surface area (Å²) in [5.74, 6) is 0.491. The molecule has 0 N–H and O–H groups in total. The van der Waals surface area contributed by atoms with Crippen LogP contribution in [0.25, 0.3) is 0 Å². The number of aromatic nitrogens is 2. The maximum Gasteiger partial charge on any atom is 0.275 e. The molecule has 0 aliphatic carbocycles. The lowest BCUT2D eigenvalue weighted by Gasteiger charge is -2.34. The number of amides is 2. The van der Waals surface area contributed by atoms with Crippen molar-refractivity contribution in [2.24, 2.45) is 0 Å². The van der Waals surface area contributed by atoms with Crippen molar-refractivity contribution in [3.63, 3.8) is 0 Å². The molecule has 2 aliphatic heterocycles. The van der Waals surface area contributed by atoms with E-state index in [1.54, 1.807) is 0 Å². The number of rotatable bonds is 10. The summed E-state index contributed by atoms with van der Waals surface area (Å²) in [7, 11) is 0. The van der Waals surface area contributed by atoms with E-state index in [2.05, 4.69) is 34.1 Å². The molecule has 2 saturated heterocycles. The topological polar surface area (TPSA) is 84.1 Å². The first-order chi connectivity index (χ1) is 18.6. The second-order valence-electron chi connectivity index (χ2n) is 10.1. The Morgan fingerprint density at radius 1 is 1.05 bits per heavy atom. The lowest BCUT2D eigenvalue weighted by Crippen LogP contribution is -2.48. The highest BCUT2D eigenvalue weighted by atomic mass is 16.5. The van der Waals surface area contributed by atoms with Crippen molar-refractivity contribution >= 4 is 11.8 Å². The first kappa shape index (κ1) is 26.2. The molecule has 2 aromatic heterocycles. The molecular weight excluding hydrogens is 482 g/mol. The van der Waals surface area contributed by atoms with Crippen LogP contribution in [0, 0.1) is 0 Å². The fraction of sp³-hybridized carbons (Fsp3) is 0.483. The molecule has 0 bridgehead atoms. The largest absolute Gasteiger partial charge is 0.446 e. The third-order valence-corrected chi connectivity index (χ3v) is 7.36. The van der Waals surface area contributed by atoms with Crippen LogP contribution in [-0.2, 0) is 29.2 Å². The Morgan fingerprint density at radius 3 is 2.61 bits per heavy atom. The van der Waals surface area contributed by atoms with Gasteiger partial charge in [-0.2, -0.15) is 0 Å². The van der Waals surface area contributed by atoms with E-state index in [-0.39, 0.29) is 17.9 Å². The van der Waals surface area contributed by atoms with Crippen LogP contribution in [-0.4, -0.2) is 81.5 Å². The van der Waals surface area contributed by atoms with Gasteiger partial charge in [-0.3, -0.25) is 14.5 Å². The number of nitrogens with zero attached hydrogens (tertiary/aromatic N) is 5. The molecule has 1 unspecified atom stereocenters. The lowest BCUT2D eigenvalue weighted by atomic mass is 10.2. The van der Waals surface area contributed by atoms with Gasteiger partial charge in [0.1, 0.15) is 6.26 Å². The minimum absolute atomic E-state index is 0.0941. The van der Waals surface area contributed by atoms with Crippen LogP contribution < -0.4 is 0 Å². The summed E-state index contributed by atoms with van der Waals surface area (Å²) in [6.07, 6.45) is 6.01. The van der Waals surface area contributed by atoms with Gasteiger partial charge < -0.3 is 23.5 Å². The summed E-state index contributed by atoms with van der Waals surface area (Å²) in [6.45, 7) is 8.05. The van der Waals surface area contributed by atoms with E-state index in [9.17, 15) is 9.59 Å². The first-order valence-electron chi connectivity index (χ1n) is 13.6. The highest BCUT2D eigenvalue weighted by molar-refractivity contribution is 5.92. The zero-order valence-corrected chi connectivity index (χ0v) is 22.1. The smallest absolute Gasteiger partial charge is 0.275 e. The summed E-state index contributed by atoms with van der Waals surface area (Å²) in [4.78, 5) is 36.3. The van der Waals surface area contributed by atoms with Gasteiger partial charge in [0.2, 0.25) is 11.8 Å². The van der Waals surface area contributed by atoms with Gasteiger partial charge in [0.05, 0.1) is 19.2 Å². The molecule has 0 saturated carbocycles. The van der Waals surface area contributed by atoms with Crippen LogP contribution in [0.4, 0.5) is 0 Å². The molecule has 3 aromatic rings. The van der Waals surface area contributed by atoms with E-state index in [0.717, 1.165) is 44.8 Å². The SMILES string of the molecule is CCC(=O)N(Cc1cccn1Cc1nc(C(=O)N2CCN(Cc3ccccc3)CC2)co1)CC1CCCO1. The molecule has 4 heterocycles. The van der Waals surface area contributed by atoms with Crippen molar-refractivity contribution in [2.75, 3.05) is 39.3 Å². The Labute approximate surface area is 224 Å². The number of piperazine rings is 1. The monoisotopic (exact) mass is 519 g/mol. The third-order valence-electron chi connectivity index (χ3n) is 7.36. The van der Waals surface area contributed by atoms with Gasteiger partial charge in [-0.1, -0.05) is 37.3 Å². The van der Waals surface area contributed by atoms with Crippen molar-refractivity contribution in [1.29, 1.82) is 0 Å². The molecule has 0 spiro atoms. The molecule has 202 valence electrons. The van der Waals surface area contributed by atoms with E-state index in [1.807, 2.05) is 45.7 Å². The molecule has 9 heteroatoms. The molecule has 2 amide bonds. The lowest BCUT2D eigenvalue weighted by molar-refractivity contribution is -0.133. The second kappa shape index (κ2) is 12.4. The summed E-state index contributed by atoms with van der Waals surface area (Å²) < 4.78 is 13.5. The number of ether oxygens (including phenoxy) is 1. The Morgan fingerprint density at radius 2 is 1.87 bits per heavy atom. The Hall–Kier alpha value is -3.43. The number of hydrogen-bond acceptors (Lipinski definition) is 6. The van der Waals surface area contributed by atoms with Gasteiger partial charge in [-0.05, 0) is 30.5 Å². The van der Waals surface area contributed by atoms with E-state index < -0.39 is 0 Å². The van der Waals surface area contributed by atoms with Gasteiger partial charge in [0.15, 0.2) is 5.69 Å². The van der Waals surface area contributed by atoms with Crippen LogP contribution >= 0.6 is 0 Å². The zero-order chi connectivity index (χ0) is 26.3. The normalized spacial score (nSPS) is 18.1. The molecule has 9 nitrogen and oxygen atoms in total. The number of carbonyl (C=O) groups is 2. The highest BCUT2D eigenvalue weighted by Gasteiger charge is 2.25. The van der Waals surface area contributed by atoms with Crippen LogP contribution in [0.15, 0.2) is 59.3 Å². The highest BCUT2D eigenvalue weighted by Crippen LogP contribution is 2.18. The van der Waals surface area contributed by atoms with Crippen LogP contribution in [0.3, 0.4) is 0 Å². The average Bonchev–Trinajstić information content (AvgIpc) is 3.72. The van der Waals surface area contributed by atoms with Crippen molar-refractivity contribution in [2.45, 2.75) is 51.9 Å². The standard InChI is InChI=1S/C29H37N5O4/c1-2-28(35)34(20-25-11-7-17-37-25)19-24-10-6-12-33(24)21-27-30-26(22-38-27)29(36)32-15-13-31(14-16-32)18-23-8-4-3-5-9-23/h3-6,8-10,12,22,25H,2,7,11,13-21H2,1H3. The molecule has 0 radical (unpaired) electrons. The Balaban J connectivity index is 1.16. The number of hydrogen-bond donors (Lipinski definition) is 0. The molecule has 38 heavy (non-hydrogen) atoms. The minimum Gasteiger partial charge on any atom is -0.446 e. The van der Waals surface area contributed by atoms with Gasteiger partial charge in [-0.25, -0.2) is 4.98 Å². The molecule has 5 rings (SSSR count). The summed E-state index contributed by atoms with van der Waals surface area (Å²) in [5, 5.41) is 0. The maximum atomic E-state index is 13.1. The number of benzene rings is 1. The fourth-order valence-electron chi connectivity index (χ4n) is 5.20. The summed E-state index contributed by atoms with van der Waals surface area (Å²) in [6, 6.07) is 14.4. The fourth-order valence-corrected chi connectivity index (χ4v) is 5.20. The van der Waals surface area contributed by atoms with Crippen LogP contribution in [0.5, 0.6) is 0 Å². The minimum atomic E-state index is -0.0941. The van der Waals surface area contributed by atoms with Gasteiger partial charge >= 0.3 is 0 Å². The van der Waals surface area contributed by atoms with Crippen LogP contribution in [0.1, 0.15) is 53.8 Å². The predicted octanol–water partition coefficient (Wildman–Crippen LogP) is 3.40. The molecule has 2 fully saturated rings. The average molecular weight is 520 g/mol. The maximum absolute atomic E-state index is 13.1. The van der Waals surface area contributed by atoms with Crippen LogP contribution in [0.2, 0.25) is 0 Å². The third kappa shape index (κ3) is 6.52. The second-order valence-corrected chi connectivity index (χ2v) is 10.1. The predicted molar refractivity (Wildman–Crippen MR) is 142 cm³/mol. The molecule has 1 atom stereocenters. The molecule has 2 aliphatic rings. The van der Waals surface area contributed by atoms with Crippen molar-refractivity contribution < 1.29 is 18.7 Å². The van der Waals surface area contributed by atoms with Gasteiger partial charge in [0.25, 0.3) is 5.91 Å². The number of oxazole rings is 1. The quantitative estimate of drug-likeness (QED) is 0.408. The van der Waals surface area contributed by atoms with E-state index in [0.29, 0.717) is 50.7 Å². The zero-order valence-electron chi connectivity index (χ0n) is 22.1. The van der Waals surface area contributed by atoms with E-state index >= 15 is 0 Å². The van der Waals surface area contributed by atoms with E-state index in [4.69, 9.17) is 9.15 Å². The van der Waals surface area contributed by atoms with Crippen molar-refractivity contribution in [1.82, 2.24) is 24.3 Å².